The number of anilines is 1. The standard InChI is InChI=1S/C12H14F2N2O/c1-7-3-4-8(13)10(9(7)14)16-11(17)12(15)5-2-6-12/h3-4H,2,5-6,15H2,1H3,(H,16,17). The van der Waals surface area contributed by atoms with Crippen LogP contribution in [-0.2, 0) is 4.79 Å². The zero-order valence-corrected chi connectivity index (χ0v) is 9.52. The molecule has 0 heterocycles. The van der Waals surface area contributed by atoms with Gasteiger partial charge in [-0.2, -0.15) is 0 Å². The molecular formula is C12H14F2N2O. The van der Waals surface area contributed by atoms with E-state index in [1.165, 1.54) is 13.0 Å². The predicted molar refractivity (Wildman–Crippen MR) is 60.5 cm³/mol. The van der Waals surface area contributed by atoms with Crippen LogP contribution in [0.3, 0.4) is 0 Å². The van der Waals surface area contributed by atoms with Gasteiger partial charge < -0.3 is 11.1 Å². The van der Waals surface area contributed by atoms with Crippen LogP contribution >= 0.6 is 0 Å². The molecule has 3 nitrogen and oxygen atoms in total. The number of carbonyl (C=O) groups excluding carboxylic acids is 1. The summed E-state index contributed by atoms with van der Waals surface area (Å²) in [7, 11) is 0. The van der Waals surface area contributed by atoms with Crippen LogP contribution in [0.2, 0.25) is 0 Å². The lowest BCUT2D eigenvalue weighted by Gasteiger charge is -2.36. The summed E-state index contributed by atoms with van der Waals surface area (Å²) in [5.74, 6) is -2.06. The summed E-state index contributed by atoms with van der Waals surface area (Å²) in [4.78, 5) is 11.8. The summed E-state index contributed by atoms with van der Waals surface area (Å²) >= 11 is 0. The van der Waals surface area contributed by atoms with Crippen LogP contribution in [0.25, 0.3) is 0 Å². The van der Waals surface area contributed by atoms with Crippen molar-refractivity contribution >= 4 is 11.6 Å². The van der Waals surface area contributed by atoms with Crippen molar-refractivity contribution in [1.82, 2.24) is 0 Å². The van der Waals surface area contributed by atoms with E-state index in [-0.39, 0.29) is 5.56 Å². The van der Waals surface area contributed by atoms with Crippen molar-refractivity contribution in [2.75, 3.05) is 5.32 Å². The predicted octanol–water partition coefficient (Wildman–Crippen LogP) is 2.09. The Morgan fingerprint density at radius 3 is 2.59 bits per heavy atom. The van der Waals surface area contributed by atoms with Gasteiger partial charge >= 0.3 is 0 Å². The number of nitrogens with two attached hydrogens (primary N) is 1. The van der Waals surface area contributed by atoms with E-state index in [4.69, 9.17) is 5.73 Å². The van der Waals surface area contributed by atoms with Gasteiger partial charge in [-0.15, -0.1) is 0 Å². The zero-order valence-electron chi connectivity index (χ0n) is 9.52. The molecule has 1 saturated carbocycles. The number of rotatable bonds is 2. The number of carbonyl (C=O) groups is 1. The van der Waals surface area contributed by atoms with E-state index in [0.717, 1.165) is 12.5 Å². The lowest BCUT2D eigenvalue weighted by atomic mass is 9.77. The minimum atomic E-state index is -0.970. The Kier molecular flexibility index (Phi) is 2.87. The number of hydrogen-bond donors (Lipinski definition) is 2. The number of nitrogens with one attached hydrogen (secondary N) is 1. The van der Waals surface area contributed by atoms with Crippen LogP contribution in [0.15, 0.2) is 12.1 Å². The molecule has 2 rings (SSSR count). The first kappa shape index (κ1) is 12.0. The summed E-state index contributed by atoms with van der Waals surface area (Å²) in [5, 5.41) is 2.25. The van der Waals surface area contributed by atoms with Crippen molar-refractivity contribution in [3.05, 3.63) is 29.3 Å². The Labute approximate surface area is 98.0 Å². The molecule has 0 atom stereocenters. The van der Waals surface area contributed by atoms with E-state index in [1.54, 1.807) is 0 Å². The maximum Gasteiger partial charge on any atom is 0.244 e. The third kappa shape index (κ3) is 2.02. The Morgan fingerprint density at radius 2 is 2.06 bits per heavy atom. The largest absolute Gasteiger partial charge is 0.320 e. The van der Waals surface area contributed by atoms with Gasteiger partial charge in [0.1, 0.15) is 11.5 Å². The third-order valence-corrected chi connectivity index (χ3v) is 3.22. The maximum atomic E-state index is 13.6. The summed E-state index contributed by atoms with van der Waals surface area (Å²) in [5.41, 5.74) is 4.67. The summed E-state index contributed by atoms with van der Waals surface area (Å²) in [6.45, 7) is 1.51. The number of aryl methyl sites for hydroxylation is 1. The van der Waals surface area contributed by atoms with Crippen molar-refractivity contribution in [1.29, 1.82) is 0 Å². The molecule has 0 aliphatic heterocycles. The fourth-order valence-electron chi connectivity index (χ4n) is 1.79. The SMILES string of the molecule is Cc1ccc(F)c(NC(=O)C2(N)CCC2)c1F. The molecule has 0 spiro atoms. The van der Waals surface area contributed by atoms with Gasteiger partial charge in [0.15, 0.2) is 5.82 Å². The molecule has 92 valence electrons. The second-order valence-electron chi connectivity index (χ2n) is 4.52. The molecule has 0 unspecified atom stereocenters. The minimum absolute atomic E-state index is 0.279. The van der Waals surface area contributed by atoms with Gasteiger partial charge in [-0.1, -0.05) is 6.07 Å². The number of halogens is 2. The van der Waals surface area contributed by atoms with Crippen molar-refractivity contribution in [2.45, 2.75) is 31.7 Å². The fraction of sp³-hybridized carbons (Fsp3) is 0.417. The highest BCUT2D eigenvalue weighted by atomic mass is 19.1. The highest BCUT2D eigenvalue weighted by molar-refractivity contribution is 5.98. The first-order valence-electron chi connectivity index (χ1n) is 5.49. The molecule has 17 heavy (non-hydrogen) atoms. The second-order valence-corrected chi connectivity index (χ2v) is 4.52. The molecule has 1 aliphatic carbocycles. The average Bonchev–Trinajstić information content (AvgIpc) is 2.26. The van der Waals surface area contributed by atoms with Gasteiger partial charge in [-0.3, -0.25) is 4.79 Å². The molecule has 1 amide bonds. The average molecular weight is 240 g/mol. The van der Waals surface area contributed by atoms with Crippen LogP contribution in [0, 0.1) is 18.6 Å². The maximum absolute atomic E-state index is 13.6. The van der Waals surface area contributed by atoms with Crippen LogP contribution in [-0.4, -0.2) is 11.4 Å². The van der Waals surface area contributed by atoms with Crippen LogP contribution in [0.1, 0.15) is 24.8 Å². The third-order valence-electron chi connectivity index (χ3n) is 3.22. The van der Waals surface area contributed by atoms with E-state index in [0.29, 0.717) is 12.8 Å². The summed E-state index contributed by atoms with van der Waals surface area (Å²) in [6.07, 6.45) is 1.96. The van der Waals surface area contributed by atoms with Gasteiger partial charge in [-0.05, 0) is 37.8 Å². The molecular weight excluding hydrogens is 226 g/mol. The van der Waals surface area contributed by atoms with Gasteiger partial charge in [0.05, 0.1) is 5.54 Å². The Morgan fingerprint density at radius 1 is 1.41 bits per heavy atom. The second kappa shape index (κ2) is 4.07. The van der Waals surface area contributed by atoms with E-state index in [1.807, 2.05) is 0 Å². The van der Waals surface area contributed by atoms with Crippen molar-refractivity contribution < 1.29 is 13.6 Å². The summed E-state index contributed by atoms with van der Waals surface area (Å²) in [6, 6.07) is 2.44. The number of benzene rings is 1. The van der Waals surface area contributed by atoms with Crippen molar-refractivity contribution in [3.8, 4) is 0 Å². The lowest BCUT2D eigenvalue weighted by Crippen LogP contribution is -2.56. The Balaban J connectivity index is 2.24. The van der Waals surface area contributed by atoms with Gasteiger partial charge in [0.2, 0.25) is 5.91 Å². The van der Waals surface area contributed by atoms with Crippen molar-refractivity contribution in [2.24, 2.45) is 5.73 Å². The molecule has 1 fully saturated rings. The van der Waals surface area contributed by atoms with Crippen LogP contribution in [0.5, 0.6) is 0 Å². The molecule has 1 aliphatic rings. The van der Waals surface area contributed by atoms with Crippen molar-refractivity contribution in [3.63, 3.8) is 0 Å². The number of hydrogen-bond acceptors (Lipinski definition) is 2. The van der Waals surface area contributed by atoms with E-state index >= 15 is 0 Å². The molecule has 5 heteroatoms. The van der Waals surface area contributed by atoms with E-state index < -0.39 is 28.8 Å². The normalized spacial score (nSPS) is 17.4. The monoisotopic (exact) mass is 240 g/mol. The van der Waals surface area contributed by atoms with E-state index in [2.05, 4.69) is 5.32 Å². The first-order chi connectivity index (χ1) is 7.94. The molecule has 0 bridgehead atoms. The number of amides is 1. The molecule has 0 radical (unpaired) electrons. The zero-order chi connectivity index (χ0) is 12.6. The molecule has 1 aromatic carbocycles. The smallest absolute Gasteiger partial charge is 0.244 e. The van der Waals surface area contributed by atoms with Crippen LogP contribution < -0.4 is 11.1 Å². The summed E-state index contributed by atoms with van der Waals surface area (Å²) < 4.78 is 27.0. The highest BCUT2D eigenvalue weighted by Crippen LogP contribution is 2.31. The topological polar surface area (TPSA) is 55.1 Å². The van der Waals surface area contributed by atoms with Gasteiger partial charge in [-0.25, -0.2) is 8.78 Å². The quantitative estimate of drug-likeness (QED) is 0.831. The van der Waals surface area contributed by atoms with E-state index in [9.17, 15) is 13.6 Å². The Bertz CT molecular complexity index is 470. The van der Waals surface area contributed by atoms with Crippen LogP contribution in [0.4, 0.5) is 14.5 Å². The molecule has 0 saturated heterocycles. The van der Waals surface area contributed by atoms with Gasteiger partial charge in [0.25, 0.3) is 0 Å². The first-order valence-corrected chi connectivity index (χ1v) is 5.49. The Hall–Kier alpha value is -1.49. The highest BCUT2D eigenvalue weighted by Gasteiger charge is 2.40. The fourth-order valence-corrected chi connectivity index (χ4v) is 1.79. The molecule has 3 N–H and O–H groups in total. The minimum Gasteiger partial charge on any atom is -0.320 e. The lowest BCUT2D eigenvalue weighted by molar-refractivity contribution is -0.123. The molecule has 0 aromatic heterocycles. The van der Waals surface area contributed by atoms with Gasteiger partial charge in [0, 0.05) is 0 Å². The molecule has 1 aromatic rings.